The molecule has 0 saturated heterocycles. The second kappa shape index (κ2) is 8.19. The van der Waals surface area contributed by atoms with Crippen LogP contribution in [0.5, 0.6) is 5.75 Å². The van der Waals surface area contributed by atoms with Gasteiger partial charge in [-0.05, 0) is 19.1 Å². The van der Waals surface area contributed by atoms with Crippen molar-refractivity contribution < 1.29 is 14.6 Å². The average molecular weight is 318 g/mol. The van der Waals surface area contributed by atoms with Crippen molar-refractivity contribution in [2.24, 2.45) is 0 Å². The van der Waals surface area contributed by atoms with E-state index in [2.05, 4.69) is 15.7 Å². The standard InChI is InChI=1S/C16H22N4O3/c1-12(11-20-9-5-8-18-20)19-16(22)17-10-14(21)13-6-3-4-7-15(13)23-2/h3-9,12,14,21H,10-11H2,1-2H3,(H2,17,19,22)/t12-,14-/m0/s1. The fourth-order valence-electron chi connectivity index (χ4n) is 2.25. The molecule has 0 spiro atoms. The monoisotopic (exact) mass is 318 g/mol. The van der Waals surface area contributed by atoms with Crippen molar-refractivity contribution in [3.63, 3.8) is 0 Å². The van der Waals surface area contributed by atoms with Gasteiger partial charge in [0, 0.05) is 30.5 Å². The van der Waals surface area contributed by atoms with Crippen LogP contribution in [-0.2, 0) is 6.54 Å². The van der Waals surface area contributed by atoms with Crippen LogP contribution in [0.25, 0.3) is 0 Å². The highest BCUT2D eigenvalue weighted by molar-refractivity contribution is 5.74. The number of carbonyl (C=O) groups is 1. The number of urea groups is 1. The highest BCUT2D eigenvalue weighted by Crippen LogP contribution is 2.23. The van der Waals surface area contributed by atoms with E-state index in [1.807, 2.05) is 31.3 Å². The molecule has 2 aromatic rings. The van der Waals surface area contributed by atoms with Crippen molar-refractivity contribution >= 4 is 6.03 Å². The lowest BCUT2D eigenvalue weighted by Crippen LogP contribution is -2.43. The predicted octanol–water partition coefficient (Wildman–Crippen LogP) is 1.31. The highest BCUT2D eigenvalue weighted by atomic mass is 16.5. The van der Waals surface area contributed by atoms with Crippen molar-refractivity contribution in [3.8, 4) is 5.75 Å². The lowest BCUT2D eigenvalue weighted by molar-refractivity contribution is 0.168. The first-order valence-electron chi connectivity index (χ1n) is 7.43. The number of aromatic nitrogens is 2. The van der Waals surface area contributed by atoms with Gasteiger partial charge in [-0.1, -0.05) is 18.2 Å². The van der Waals surface area contributed by atoms with E-state index in [1.165, 1.54) is 0 Å². The molecule has 7 heteroatoms. The average Bonchev–Trinajstić information content (AvgIpc) is 3.05. The number of nitrogens with zero attached hydrogens (tertiary/aromatic N) is 2. The molecule has 0 bridgehead atoms. The molecule has 2 amide bonds. The molecule has 0 aliphatic carbocycles. The van der Waals surface area contributed by atoms with Gasteiger partial charge in [-0.25, -0.2) is 4.79 Å². The first-order chi connectivity index (χ1) is 11.1. The van der Waals surface area contributed by atoms with Gasteiger partial charge in [0.15, 0.2) is 0 Å². The van der Waals surface area contributed by atoms with Gasteiger partial charge < -0.3 is 20.5 Å². The molecule has 23 heavy (non-hydrogen) atoms. The van der Waals surface area contributed by atoms with Crippen molar-refractivity contribution in [2.75, 3.05) is 13.7 Å². The molecule has 124 valence electrons. The van der Waals surface area contributed by atoms with E-state index in [-0.39, 0.29) is 18.6 Å². The number of rotatable bonds is 7. The Kier molecular flexibility index (Phi) is 5.99. The third kappa shape index (κ3) is 5.00. The molecule has 1 heterocycles. The molecule has 0 fully saturated rings. The van der Waals surface area contributed by atoms with Crippen LogP contribution in [0.4, 0.5) is 4.79 Å². The summed E-state index contributed by atoms with van der Waals surface area (Å²) in [4.78, 5) is 11.9. The van der Waals surface area contributed by atoms with Crippen molar-refractivity contribution in [2.45, 2.75) is 25.6 Å². The van der Waals surface area contributed by atoms with Crippen LogP contribution in [0.1, 0.15) is 18.6 Å². The maximum atomic E-state index is 11.9. The van der Waals surface area contributed by atoms with E-state index in [9.17, 15) is 9.90 Å². The minimum Gasteiger partial charge on any atom is -0.496 e. The quantitative estimate of drug-likeness (QED) is 0.718. The summed E-state index contributed by atoms with van der Waals surface area (Å²) >= 11 is 0. The summed E-state index contributed by atoms with van der Waals surface area (Å²) in [6.45, 7) is 2.56. The van der Waals surface area contributed by atoms with Gasteiger partial charge >= 0.3 is 6.03 Å². The van der Waals surface area contributed by atoms with E-state index in [1.54, 1.807) is 30.1 Å². The van der Waals surface area contributed by atoms with Crippen molar-refractivity contribution in [1.82, 2.24) is 20.4 Å². The number of aliphatic hydroxyl groups excluding tert-OH is 1. The zero-order chi connectivity index (χ0) is 16.7. The maximum Gasteiger partial charge on any atom is 0.315 e. The van der Waals surface area contributed by atoms with Crippen LogP contribution < -0.4 is 15.4 Å². The molecule has 3 N–H and O–H groups in total. The van der Waals surface area contributed by atoms with E-state index >= 15 is 0 Å². The number of methoxy groups -OCH3 is 1. The second-order valence-corrected chi connectivity index (χ2v) is 5.24. The Balaban J connectivity index is 1.79. The van der Waals surface area contributed by atoms with Crippen LogP contribution in [-0.4, -0.2) is 40.6 Å². The van der Waals surface area contributed by atoms with Gasteiger partial charge in [0.2, 0.25) is 0 Å². The van der Waals surface area contributed by atoms with Gasteiger partial charge in [-0.3, -0.25) is 4.68 Å². The number of benzene rings is 1. The van der Waals surface area contributed by atoms with Gasteiger partial charge in [0.25, 0.3) is 0 Å². The first kappa shape index (κ1) is 16.8. The summed E-state index contributed by atoms with van der Waals surface area (Å²) < 4.78 is 6.94. The molecule has 0 aliphatic rings. The van der Waals surface area contributed by atoms with E-state index in [0.29, 0.717) is 17.9 Å². The topological polar surface area (TPSA) is 88.4 Å². The minimum atomic E-state index is -0.835. The third-order valence-corrected chi connectivity index (χ3v) is 3.35. The number of amides is 2. The Morgan fingerprint density at radius 1 is 1.39 bits per heavy atom. The zero-order valence-electron chi connectivity index (χ0n) is 13.3. The molecule has 2 rings (SSSR count). The van der Waals surface area contributed by atoms with Gasteiger partial charge in [0.05, 0.1) is 19.8 Å². The minimum absolute atomic E-state index is 0.0849. The molecule has 0 saturated carbocycles. The van der Waals surface area contributed by atoms with E-state index in [4.69, 9.17) is 4.74 Å². The van der Waals surface area contributed by atoms with Crippen LogP contribution in [0.2, 0.25) is 0 Å². The molecule has 0 radical (unpaired) electrons. The van der Waals surface area contributed by atoms with Crippen LogP contribution in [0.3, 0.4) is 0 Å². The number of ether oxygens (including phenoxy) is 1. The fraction of sp³-hybridized carbons (Fsp3) is 0.375. The Labute approximate surface area is 135 Å². The molecule has 0 unspecified atom stereocenters. The van der Waals surface area contributed by atoms with E-state index in [0.717, 1.165) is 0 Å². The fourth-order valence-corrected chi connectivity index (χ4v) is 2.25. The van der Waals surface area contributed by atoms with Crippen molar-refractivity contribution in [3.05, 3.63) is 48.3 Å². The molecule has 2 atom stereocenters. The number of hydrogen-bond acceptors (Lipinski definition) is 4. The molecule has 0 aliphatic heterocycles. The molecule has 7 nitrogen and oxygen atoms in total. The summed E-state index contributed by atoms with van der Waals surface area (Å²) in [5, 5.41) is 19.7. The van der Waals surface area contributed by atoms with Crippen LogP contribution in [0, 0.1) is 0 Å². The smallest absolute Gasteiger partial charge is 0.315 e. The summed E-state index contributed by atoms with van der Waals surface area (Å²) in [6, 6.07) is 8.58. The van der Waals surface area contributed by atoms with Gasteiger partial charge in [-0.2, -0.15) is 5.10 Å². The molecular weight excluding hydrogens is 296 g/mol. The molecular formula is C16H22N4O3. The zero-order valence-corrected chi connectivity index (χ0v) is 13.3. The largest absolute Gasteiger partial charge is 0.496 e. The molecule has 1 aromatic carbocycles. The molecule has 1 aromatic heterocycles. The number of nitrogens with one attached hydrogen (secondary N) is 2. The Hall–Kier alpha value is -2.54. The lowest BCUT2D eigenvalue weighted by Gasteiger charge is -2.18. The Morgan fingerprint density at radius 3 is 2.87 bits per heavy atom. The second-order valence-electron chi connectivity index (χ2n) is 5.24. The third-order valence-electron chi connectivity index (χ3n) is 3.35. The SMILES string of the molecule is COc1ccccc1[C@@H](O)CNC(=O)N[C@@H](C)Cn1cccn1. The number of aliphatic hydroxyl groups is 1. The van der Waals surface area contributed by atoms with Crippen molar-refractivity contribution in [1.29, 1.82) is 0 Å². The number of hydrogen-bond donors (Lipinski definition) is 3. The van der Waals surface area contributed by atoms with Crippen LogP contribution >= 0.6 is 0 Å². The predicted molar refractivity (Wildman–Crippen MR) is 86.2 cm³/mol. The number of carbonyl (C=O) groups excluding carboxylic acids is 1. The summed E-state index contributed by atoms with van der Waals surface area (Å²) in [5.74, 6) is 0.592. The van der Waals surface area contributed by atoms with Gasteiger partial charge in [-0.15, -0.1) is 0 Å². The van der Waals surface area contributed by atoms with Crippen LogP contribution in [0.15, 0.2) is 42.7 Å². The highest BCUT2D eigenvalue weighted by Gasteiger charge is 2.14. The summed E-state index contributed by atoms with van der Waals surface area (Å²) in [7, 11) is 1.54. The lowest BCUT2D eigenvalue weighted by atomic mass is 10.1. The maximum absolute atomic E-state index is 11.9. The Morgan fingerprint density at radius 2 is 2.17 bits per heavy atom. The summed E-state index contributed by atoms with van der Waals surface area (Å²) in [5.41, 5.74) is 0.639. The Bertz CT molecular complexity index is 616. The van der Waals surface area contributed by atoms with Gasteiger partial charge in [0.1, 0.15) is 5.75 Å². The first-order valence-corrected chi connectivity index (χ1v) is 7.43. The summed E-state index contributed by atoms with van der Waals surface area (Å²) in [6.07, 6.45) is 2.69. The number of para-hydroxylation sites is 1. The normalized spacial score (nSPS) is 13.2. The van der Waals surface area contributed by atoms with E-state index < -0.39 is 6.10 Å².